The first-order chi connectivity index (χ1) is 14.4. The zero-order valence-corrected chi connectivity index (χ0v) is 17.5. The first kappa shape index (κ1) is 20.5. The molecule has 4 rings (SSSR count). The van der Waals surface area contributed by atoms with Crippen LogP contribution in [-0.2, 0) is 9.59 Å². The number of rotatable bonds is 4. The molecule has 7 nitrogen and oxygen atoms in total. The number of benzene rings is 2. The molecule has 9 heteroatoms. The summed E-state index contributed by atoms with van der Waals surface area (Å²) < 4.78 is 14.6. The van der Waals surface area contributed by atoms with Gasteiger partial charge in [0.1, 0.15) is 5.82 Å². The van der Waals surface area contributed by atoms with Crippen molar-refractivity contribution in [2.45, 2.75) is 18.9 Å². The topological polar surface area (TPSA) is 98.3 Å². The Balaban J connectivity index is 1.34. The number of aromatic amines is 1. The van der Waals surface area contributed by atoms with Crippen molar-refractivity contribution in [2.75, 3.05) is 18.4 Å². The van der Waals surface area contributed by atoms with Crippen molar-refractivity contribution >= 4 is 44.3 Å². The van der Waals surface area contributed by atoms with Gasteiger partial charge < -0.3 is 15.3 Å². The minimum Gasteiger partial charge on any atom is -0.378 e. The maximum absolute atomic E-state index is 14.1. The van der Waals surface area contributed by atoms with Gasteiger partial charge in [0, 0.05) is 40.1 Å². The first-order valence-electron chi connectivity index (χ1n) is 9.58. The molecule has 0 bridgehead atoms. The number of aliphatic hydroxyl groups excluding tert-OH is 1. The number of aliphatic hydroxyl groups is 1. The van der Waals surface area contributed by atoms with Crippen LogP contribution in [0.2, 0.25) is 0 Å². The molecule has 30 heavy (non-hydrogen) atoms. The van der Waals surface area contributed by atoms with Gasteiger partial charge in [-0.2, -0.15) is 5.10 Å². The zero-order valence-electron chi connectivity index (χ0n) is 15.9. The predicted molar refractivity (Wildman–Crippen MR) is 113 cm³/mol. The highest BCUT2D eigenvalue weighted by Crippen LogP contribution is 2.26. The molecule has 3 N–H and O–H groups in total. The summed E-state index contributed by atoms with van der Waals surface area (Å²) in [6.07, 6.45) is 1.07. The number of aromatic nitrogens is 2. The van der Waals surface area contributed by atoms with Gasteiger partial charge in [-0.3, -0.25) is 14.7 Å². The van der Waals surface area contributed by atoms with Crippen LogP contribution in [-0.4, -0.2) is 45.1 Å². The number of hydrogen-bond donors (Lipinski definition) is 3. The van der Waals surface area contributed by atoms with Gasteiger partial charge in [0.2, 0.25) is 5.91 Å². The van der Waals surface area contributed by atoms with Gasteiger partial charge in [-0.05, 0) is 43.2 Å². The lowest BCUT2D eigenvalue weighted by atomic mass is 9.95. The van der Waals surface area contributed by atoms with Crippen LogP contribution >= 0.6 is 15.9 Å². The number of nitrogens with zero attached hydrogens (tertiary/aromatic N) is 2. The third-order valence-corrected chi connectivity index (χ3v) is 5.87. The van der Waals surface area contributed by atoms with Gasteiger partial charge in [-0.25, -0.2) is 4.39 Å². The van der Waals surface area contributed by atoms with E-state index in [-0.39, 0.29) is 17.4 Å². The van der Waals surface area contributed by atoms with Crippen LogP contribution in [0.15, 0.2) is 47.1 Å². The number of likely N-dealkylation sites (tertiary alicyclic amines) is 1. The lowest BCUT2D eigenvalue weighted by molar-refractivity contribution is -0.143. The quantitative estimate of drug-likeness (QED) is 0.539. The summed E-state index contributed by atoms with van der Waals surface area (Å²) in [6, 6.07) is 9.68. The third kappa shape index (κ3) is 4.22. The molecular weight excluding hydrogens is 455 g/mol. The standard InChI is InChI=1S/C21H20BrFN4O3/c22-14-1-3-16(17(23)10-14)19(28)21(30)27-7-5-12(6-8-27)20(29)25-15-2-4-18-13(9-15)11-24-26-18/h1-4,9-12,19,28H,5-8H2,(H,24,26)(H,25,29). The summed E-state index contributed by atoms with van der Waals surface area (Å²) in [5.74, 6) is -1.55. The van der Waals surface area contributed by atoms with Crippen LogP contribution in [0.5, 0.6) is 0 Å². The van der Waals surface area contributed by atoms with E-state index in [9.17, 15) is 19.1 Å². The average molecular weight is 475 g/mol. The number of fused-ring (bicyclic) bond motifs is 1. The van der Waals surface area contributed by atoms with Gasteiger partial charge in [0.25, 0.3) is 5.91 Å². The van der Waals surface area contributed by atoms with E-state index >= 15 is 0 Å². The van der Waals surface area contributed by atoms with Crippen LogP contribution < -0.4 is 5.32 Å². The minimum atomic E-state index is -1.56. The molecule has 1 aromatic heterocycles. The Morgan fingerprint density at radius 3 is 2.73 bits per heavy atom. The Bertz CT molecular complexity index is 1090. The Hall–Kier alpha value is -2.78. The molecule has 0 spiro atoms. The number of piperidine rings is 1. The Morgan fingerprint density at radius 1 is 1.23 bits per heavy atom. The molecule has 1 aliphatic rings. The van der Waals surface area contributed by atoms with Gasteiger partial charge in [-0.1, -0.05) is 22.0 Å². The van der Waals surface area contributed by atoms with Gasteiger partial charge in [-0.15, -0.1) is 0 Å². The highest BCUT2D eigenvalue weighted by Gasteiger charge is 2.31. The predicted octanol–water partition coefficient (Wildman–Crippen LogP) is 3.38. The summed E-state index contributed by atoms with van der Waals surface area (Å²) in [6.45, 7) is 0.653. The second-order valence-corrected chi connectivity index (χ2v) is 8.24. The fraction of sp³-hybridized carbons (Fsp3) is 0.286. The zero-order chi connectivity index (χ0) is 21.3. The van der Waals surface area contributed by atoms with Crippen LogP contribution in [0, 0.1) is 11.7 Å². The molecule has 2 heterocycles. The van der Waals surface area contributed by atoms with Crippen molar-refractivity contribution < 1.29 is 19.1 Å². The van der Waals surface area contributed by atoms with E-state index in [0.29, 0.717) is 36.1 Å². The molecule has 0 radical (unpaired) electrons. The largest absolute Gasteiger partial charge is 0.378 e. The molecule has 2 amide bonds. The highest BCUT2D eigenvalue weighted by atomic mass is 79.9. The van der Waals surface area contributed by atoms with Crippen molar-refractivity contribution in [3.8, 4) is 0 Å². The number of nitrogens with one attached hydrogen (secondary N) is 2. The molecule has 0 aliphatic carbocycles. The lowest BCUT2D eigenvalue weighted by Gasteiger charge is -2.32. The molecule has 2 aromatic carbocycles. The first-order valence-corrected chi connectivity index (χ1v) is 10.4. The maximum Gasteiger partial charge on any atom is 0.256 e. The van der Waals surface area contributed by atoms with Crippen LogP contribution in [0.1, 0.15) is 24.5 Å². The summed E-state index contributed by atoms with van der Waals surface area (Å²) in [7, 11) is 0. The number of halogens is 2. The SMILES string of the molecule is O=C(Nc1ccc2[nH]ncc2c1)C1CCN(C(=O)C(O)c2ccc(Br)cc2F)CC1. The monoisotopic (exact) mass is 474 g/mol. The normalized spacial score (nSPS) is 15.9. The molecule has 1 atom stereocenters. The number of amides is 2. The van der Waals surface area contributed by atoms with Crippen molar-refractivity contribution in [3.63, 3.8) is 0 Å². The minimum absolute atomic E-state index is 0.0577. The highest BCUT2D eigenvalue weighted by molar-refractivity contribution is 9.10. The van der Waals surface area contributed by atoms with Crippen molar-refractivity contribution in [1.82, 2.24) is 15.1 Å². The Labute approximate surface area is 180 Å². The van der Waals surface area contributed by atoms with E-state index in [0.717, 1.165) is 10.9 Å². The third-order valence-electron chi connectivity index (χ3n) is 5.38. The molecule has 1 saturated heterocycles. The second-order valence-electron chi connectivity index (χ2n) is 7.33. The molecule has 1 aliphatic heterocycles. The average Bonchev–Trinajstić information content (AvgIpc) is 3.21. The number of carbonyl (C=O) groups is 2. The maximum atomic E-state index is 14.1. The summed E-state index contributed by atoms with van der Waals surface area (Å²) in [5.41, 5.74) is 1.52. The summed E-state index contributed by atoms with van der Waals surface area (Å²) in [5, 5.41) is 21.0. The van der Waals surface area contributed by atoms with Crippen LogP contribution in [0.25, 0.3) is 10.9 Å². The van der Waals surface area contributed by atoms with Crippen molar-refractivity contribution in [1.29, 1.82) is 0 Å². The van der Waals surface area contributed by atoms with E-state index in [4.69, 9.17) is 0 Å². The molecule has 1 fully saturated rings. The van der Waals surface area contributed by atoms with E-state index in [1.54, 1.807) is 18.3 Å². The Kier molecular flexibility index (Phi) is 5.83. The van der Waals surface area contributed by atoms with Gasteiger partial charge in [0.05, 0.1) is 11.7 Å². The van der Waals surface area contributed by atoms with Crippen molar-refractivity contribution in [2.24, 2.45) is 5.92 Å². The Morgan fingerprint density at radius 2 is 2.00 bits per heavy atom. The van der Waals surface area contributed by atoms with E-state index < -0.39 is 17.8 Å². The number of hydrogen-bond acceptors (Lipinski definition) is 4. The fourth-order valence-electron chi connectivity index (χ4n) is 3.66. The van der Waals surface area contributed by atoms with Crippen LogP contribution in [0.3, 0.4) is 0 Å². The molecule has 3 aromatic rings. The van der Waals surface area contributed by atoms with Crippen LogP contribution in [0.4, 0.5) is 10.1 Å². The molecule has 156 valence electrons. The van der Waals surface area contributed by atoms with Gasteiger partial charge >= 0.3 is 0 Å². The lowest BCUT2D eigenvalue weighted by Crippen LogP contribution is -2.43. The number of anilines is 1. The van der Waals surface area contributed by atoms with E-state index in [1.165, 1.54) is 17.0 Å². The summed E-state index contributed by atoms with van der Waals surface area (Å²) >= 11 is 3.15. The molecular formula is C21H20BrFN4O3. The molecule has 0 saturated carbocycles. The second kappa shape index (κ2) is 8.53. The van der Waals surface area contributed by atoms with E-state index in [1.807, 2.05) is 12.1 Å². The fourth-order valence-corrected chi connectivity index (χ4v) is 3.99. The van der Waals surface area contributed by atoms with Gasteiger partial charge in [0.15, 0.2) is 6.10 Å². The van der Waals surface area contributed by atoms with Crippen molar-refractivity contribution in [3.05, 3.63) is 58.4 Å². The molecule has 1 unspecified atom stereocenters. The summed E-state index contributed by atoms with van der Waals surface area (Å²) in [4.78, 5) is 26.7. The number of H-pyrrole nitrogens is 1. The smallest absolute Gasteiger partial charge is 0.256 e. The number of carbonyl (C=O) groups excluding carboxylic acids is 2. The van der Waals surface area contributed by atoms with E-state index in [2.05, 4.69) is 31.4 Å².